The van der Waals surface area contributed by atoms with Crippen LogP contribution in [0.5, 0.6) is 6.01 Å². The summed E-state index contributed by atoms with van der Waals surface area (Å²) in [6.07, 6.45) is 4.84. The summed E-state index contributed by atoms with van der Waals surface area (Å²) < 4.78 is 6.28. The predicted octanol–water partition coefficient (Wildman–Crippen LogP) is 4.45. The molecule has 3 aliphatic heterocycles. The van der Waals surface area contributed by atoms with Crippen LogP contribution < -0.4 is 20.7 Å². The number of hydrogen-bond acceptors (Lipinski definition) is 7. The first-order valence-electron chi connectivity index (χ1n) is 13.6. The van der Waals surface area contributed by atoms with Crippen LogP contribution in [0.4, 0.5) is 11.5 Å². The average Bonchev–Trinajstić information content (AvgIpc) is 3.49. The van der Waals surface area contributed by atoms with Gasteiger partial charge in [-0.25, -0.2) is 0 Å². The molecule has 3 aliphatic rings. The maximum atomic E-state index is 6.30. The van der Waals surface area contributed by atoms with E-state index in [4.69, 9.17) is 20.4 Å². The molecular formula is C30H34N6O. The van der Waals surface area contributed by atoms with E-state index in [0.717, 1.165) is 65.0 Å². The van der Waals surface area contributed by atoms with Crippen molar-refractivity contribution in [3.8, 4) is 17.1 Å². The Morgan fingerprint density at radius 3 is 2.62 bits per heavy atom. The summed E-state index contributed by atoms with van der Waals surface area (Å²) in [6.45, 7) is 3.68. The van der Waals surface area contributed by atoms with E-state index in [1.165, 1.54) is 24.6 Å². The highest BCUT2D eigenvalue weighted by atomic mass is 16.5. The van der Waals surface area contributed by atoms with Gasteiger partial charge in [-0.15, -0.1) is 0 Å². The molecule has 3 fully saturated rings. The molecule has 0 amide bonds. The van der Waals surface area contributed by atoms with Gasteiger partial charge in [-0.3, -0.25) is 0 Å². The van der Waals surface area contributed by atoms with Crippen molar-refractivity contribution in [3.63, 3.8) is 0 Å². The Kier molecular flexibility index (Phi) is 5.63. The number of aromatic nitrogens is 2. The van der Waals surface area contributed by atoms with Crippen LogP contribution in [0.15, 0.2) is 54.6 Å². The molecule has 2 unspecified atom stereocenters. The van der Waals surface area contributed by atoms with Crippen molar-refractivity contribution in [2.45, 2.75) is 43.8 Å². The van der Waals surface area contributed by atoms with Crippen molar-refractivity contribution < 1.29 is 4.74 Å². The molecule has 0 radical (unpaired) electrons. The number of ether oxygens (including phenoxy) is 1. The second-order valence-electron chi connectivity index (χ2n) is 11.0. The minimum absolute atomic E-state index is 0.419. The van der Waals surface area contributed by atoms with Crippen molar-refractivity contribution >= 4 is 33.2 Å². The lowest BCUT2D eigenvalue weighted by Crippen LogP contribution is -2.51. The minimum atomic E-state index is 0.419. The number of fused-ring (bicyclic) bond motifs is 4. The molecule has 190 valence electrons. The standard InChI is InChI=1S/C30H34N6O/c1-35-12-4-6-24(35)18-37-30-33-28-14-20(27-15-21(31)13-19-5-2-3-7-25(19)27)8-11-26(28)29(34-30)36-16-22-9-10-23(17-36)32-22/h2-3,5,7-8,11,13-15,22-24,32H,4,6,9-10,12,16-18,31H2,1H3/t22?,23?,24-/m0/s1. The summed E-state index contributed by atoms with van der Waals surface area (Å²) in [5.74, 6) is 0.988. The highest BCUT2D eigenvalue weighted by Crippen LogP contribution is 2.36. The maximum Gasteiger partial charge on any atom is 0.319 e. The van der Waals surface area contributed by atoms with Gasteiger partial charge in [0.05, 0.1) is 5.52 Å². The average molecular weight is 495 g/mol. The predicted molar refractivity (Wildman–Crippen MR) is 150 cm³/mol. The molecule has 4 heterocycles. The third-order valence-corrected chi connectivity index (χ3v) is 8.44. The molecule has 3 saturated heterocycles. The van der Waals surface area contributed by atoms with E-state index >= 15 is 0 Å². The van der Waals surface area contributed by atoms with Gasteiger partial charge in [0.15, 0.2) is 0 Å². The highest BCUT2D eigenvalue weighted by Gasteiger charge is 2.34. The van der Waals surface area contributed by atoms with E-state index in [1.54, 1.807) is 0 Å². The third-order valence-electron chi connectivity index (χ3n) is 8.44. The summed E-state index contributed by atoms with van der Waals surface area (Å²) in [5.41, 5.74) is 10.2. The van der Waals surface area contributed by atoms with Gasteiger partial charge in [0.1, 0.15) is 12.4 Å². The van der Waals surface area contributed by atoms with Crippen LogP contribution in [0, 0.1) is 0 Å². The minimum Gasteiger partial charge on any atom is -0.462 e. The smallest absolute Gasteiger partial charge is 0.319 e. The van der Waals surface area contributed by atoms with Crippen LogP contribution in [-0.4, -0.2) is 66.3 Å². The van der Waals surface area contributed by atoms with Crippen molar-refractivity contribution in [3.05, 3.63) is 54.6 Å². The Balaban J connectivity index is 1.32. The first kappa shape index (κ1) is 22.8. The molecular weight excluding hydrogens is 460 g/mol. The number of nitrogens with two attached hydrogens (primary N) is 1. The lowest BCUT2D eigenvalue weighted by Gasteiger charge is -2.34. The van der Waals surface area contributed by atoms with E-state index in [9.17, 15) is 0 Å². The maximum absolute atomic E-state index is 6.30. The van der Waals surface area contributed by atoms with Gasteiger partial charge >= 0.3 is 6.01 Å². The fourth-order valence-electron chi connectivity index (χ4n) is 6.47. The number of anilines is 2. The topological polar surface area (TPSA) is 79.5 Å². The Morgan fingerprint density at radius 1 is 0.973 bits per heavy atom. The van der Waals surface area contributed by atoms with Gasteiger partial charge < -0.3 is 25.6 Å². The zero-order valence-corrected chi connectivity index (χ0v) is 21.4. The van der Waals surface area contributed by atoms with Crippen LogP contribution >= 0.6 is 0 Å². The SMILES string of the molecule is CN1CCC[C@H]1COc1nc(N2CC3CCC(C2)N3)c2ccc(-c3cc(N)cc4ccccc34)cc2n1. The largest absolute Gasteiger partial charge is 0.462 e. The Morgan fingerprint density at radius 2 is 1.81 bits per heavy atom. The molecule has 4 aromatic rings. The normalized spacial score (nSPS) is 23.8. The number of likely N-dealkylation sites (N-methyl/N-ethyl adjacent to an activating group) is 1. The summed E-state index contributed by atoms with van der Waals surface area (Å²) in [7, 11) is 2.17. The van der Waals surface area contributed by atoms with E-state index < -0.39 is 0 Å². The van der Waals surface area contributed by atoms with Gasteiger partial charge in [-0.1, -0.05) is 30.3 Å². The van der Waals surface area contributed by atoms with Gasteiger partial charge in [0.2, 0.25) is 0 Å². The van der Waals surface area contributed by atoms with Crippen LogP contribution in [0.2, 0.25) is 0 Å². The molecule has 3 aromatic carbocycles. The number of nitrogens with one attached hydrogen (secondary N) is 1. The number of rotatable bonds is 5. The zero-order chi connectivity index (χ0) is 24.9. The summed E-state index contributed by atoms with van der Waals surface area (Å²) in [4.78, 5) is 14.7. The Hall–Kier alpha value is -3.42. The quantitative estimate of drug-likeness (QED) is 0.397. The molecule has 3 N–H and O–H groups in total. The van der Waals surface area contributed by atoms with Gasteiger partial charge in [0, 0.05) is 42.3 Å². The molecule has 0 spiro atoms. The number of nitrogens with zero attached hydrogens (tertiary/aromatic N) is 4. The van der Waals surface area contributed by atoms with E-state index in [1.807, 2.05) is 6.07 Å². The Bertz CT molecular complexity index is 1460. The third kappa shape index (κ3) is 4.26. The van der Waals surface area contributed by atoms with Crippen LogP contribution in [-0.2, 0) is 0 Å². The number of piperazine rings is 1. The highest BCUT2D eigenvalue weighted by molar-refractivity contribution is 6.01. The molecule has 7 nitrogen and oxygen atoms in total. The molecule has 7 heteroatoms. The fraction of sp³-hybridized carbons (Fsp3) is 0.400. The van der Waals surface area contributed by atoms with E-state index in [0.29, 0.717) is 30.7 Å². The molecule has 37 heavy (non-hydrogen) atoms. The molecule has 3 atom stereocenters. The van der Waals surface area contributed by atoms with Crippen molar-refractivity contribution in [2.75, 3.05) is 43.9 Å². The second-order valence-corrected chi connectivity index (χ2v) is 11.0. The summed E-state index contributed by atoms with van der Waals surface area (Å²) >= 11 is 0. The molecule has 0 aliphatic carbocycles. The number of nitrogen functional groups attached to an aromatic ring is 1. The summed E-state index contributed by atoms with van der Waals surface area (Å²) in [6, 6.07) is 21.0. The second kappa shape index (κ2) is 9.15. The van der Waals surface area contributed by atoms with Crippen LogP contribution in [0.1, 0.15) is 25.7 Å². The number of likely N-dealkylation sites (tertiary alicyclic amines) is 1. The number of hydrogen-bond donors (Lipinski definition) is 2. The first-order valence-corrected chi connectivity index (χ1v) is 13.6. The van der Waals surface area contributed by atoms with Gasteiger partial charge in [-0.05, 0) is 85.4 Å². The monoisotopic (exact) mass is 494 g/mol. The first-order chi connectivity index (χ1) is 18.1. The van der Waals surface area contributed by atoms with Gasteiger partial charge in [-0.2, -0.15) is 9.97 Å². The van der Waals surface area contributed by atoms with E-state index in [-0.39, 0.29) is 0 Å². The zero-order valence-electron chi connectivity index (χ0n) is 21.4. The van der Waals surface area contributed by atoms with Crippen molar-refractivity contribution in [2.24, 2.45) is 0 Å². The van der Waals surface area contributed by atoms with Crippen LogP contribution in [0.3, 0.4) is 0 Å². The van der Waals surface area contributed by atoms with Gasteiger partial charge in [0.25, 0.3) is 0 Å². The molecule has 0 saturated carbocycles. The molecule has 2 bridgehead atoms. The van der Waals surface area contributed by atoms with Crippen LogP contribution in [0.25, 0.3) is 32.8 Å². The fourth-order valence-corrected chi connectivity index (χ4v) is 6.47. The lowest BCUT2D eigenvalue weighted by atomic mass is 9.96. The summed E-state index contributed by atoms with van der Waals surface area (Å²) in [5, 5.41) is 7.14. The van der Waals surface area contributed by atoms with Crippen molar-refractivity contribution in [1.29, 1.82) is 0 Å². The van der Waals surface area contributed by atoms with E-state index in [2.05, 4.69) is 70.7 Å². The van der Waals surface area contributed by atoms with Crippen molar-refractivity contribution in [1.82, 2.24) is 20.2 Å². The lowest BCUT2D eigenvalue weighted by molar-refractivity contribution is 0.188. The molecule has 1 aromatic heterocycles. The Labute approximate surface area is 217 Å². The number of benzene rings is 3. The molecule has 7 rings (SSSR count).